The summed E-state index contributed by atoms with van der Waals surface area (Å²) < 4.78 is 26.4. The molecular weight excluding hydrogens is 489 g/mol. The molecule has 1 fully saturated rings. The number of aliphatic carboxylic acids is 1. The fourth-order valence-corrected chi connectivity index (χ4v) is 5.51. The maximum atomic E-state index is 14.9. The van der Waals surface area contributed by atoms with Gasteiger partial charge in [-0.1, -0.05) is 24.3 Å². The van der Waals surface area contributed by atoms with Crippen molar-refractivity contribution in [1.29, 1.82) is 0 Å². The number of aryl methyl sites for hydroxylation is 1. The Morgan fingerprint density at radius 1 is 1.08 bits per heavy atom. The average Bonchev–Trinajstić information content (AvgIpc) is 3.65. The van der Waals surface area contributed by atoms with Crippen molar-refractivity contribution in [3.8, 4) is 33.1 Å². The van der Waals surface area contributed by atoms with Gasteiger partial charge in [-0.2, -0.15) is 0 Å². The van der Waals surface area contributed by atoms with E-state index in [0.717, 1.165) is 45.0 Å². The van der Waals surface area contributed by atoms with Crippen LogP contribution < -0.4 is 9.47 Å². The van der Waals surface area contributed by atoms with E-state index in [1.54, 1.807) is 25.4 Å². The van der Waals surface area contributed by atoms with E-state index in [2.05, 4.69) is 11.1 Å². The van der Waals surface area contributed by atoms with Gasteiger partial charge < -0.3 is 14.6 Å². The van der Waals surface area contributed by atoms with Gasteiger partial charge in [-0.3, -0.25) is 4.79 Å². The number of benzene rings is 3. The first kappa shape index (κ1) is 25.0. The standard InChI is InChI=1S/C30H28FNO4S/c1-18-32-16-29(37-18)27-14-23(8-10-24(27)26-13-22(35-2)9-11-28(26)31)36-17-19-4-3-5-21(12-19)25(15-30(33)34)20-6-7-20/h3-5,8-14,16,20,25H,6-7,15,17H2,1-2H3,(H,33,34). The van der Waals surface area contributed by atoms with Crippen molar-refractivity contribution < 1.29 is 23.8 Å². The van der Waals surface area contributed by atoms with Crippen molar-refractivity contribution in [3.05, 3.63) is 88.8 Å². The van der Waals surface area contributed by atoms with Gasteiger partial charge in [0.2, 0.25) is 0 Å². The van der Waals surface area contributed by atoms with E-state index in [4.69, 9.17) is 9.47 Å². The lowest BCUT2D eigenvalue weighted by Crippen LogP contribution is -2.09. The Hall–Kier alpha value is -3.71. The van der Waals surface area contributed by atoms with Crippen LogP contribution in [0, 0.1) is 18.7 Å². The Morgan fingerprint density at radius 3 is 2.57 bits per heavy atom. The Labute approximate surface area is 219 Å². The number of carbonyl (C=O) groups is 1. The minimum absolute atomic E-state index is 0.0377. The largest absolute Gasteiger partial charge is 0.497 e. The highest BCUT2D eigenvalue weighted by molar-refractivity contribution is 7.15. The molecule has 1 saturated carbocycles. The zero-order valence-corrected chi connectivity index (χ0v) is 21.6. The molecule has 1 aliphatic carbocycles. The van der Waals surface area contributed by atoms with Gasteiger partial charge in [-0.25, -0.2) is 9.37 Å². The second-order valence-corrected chi connectivity index (χ2v) is 10.6. The van der Waals surface area contributed by atoms with E-state index >= 15 is 0 Å². The molecule has 4 aromatic rings. The zero-order valence-electron chi connectivity index (χ0n) is 20.7. The molecule has 7 heteroatoms. The molecule has 0 amide bonds. The van der Waals surface area contributed by atoms with E-state index < -0.39 is 5.97 Å². The van der Waals surface area contributed by atoms with Gasteiger partial charge in [-0.15, -0.1) is 11.3 Å². The van der Waals surface area contributed by atoms with E-state index in [1.807, 2.05) is 43.3 Å². The Balaban J connectivity index is 1.43. The molecule has 0 saturated heterocycles. The summed E-state index contributed by atoms with van der Waals surface area (Å²) >= 11 is 1.54. The molecule has 3 aromatic carbocycles. The fraction of sp³-hybridized carbons (Fsp3) is 0.267. The molecule has 1 aromatic heterocycles. The SMILES string of the molecule is COc1ccc(F)c(-c2ccc(OCc3cccc(C(CC(=O)O)C4CC4)c3)cc2-c2cnc(C)s2)c1. The van der Waals surface area contributed by atoms with E-state index in [0.29, 0.717) is 29.6 Å². The second kappa shape index (κ2) is 10.7. The van der Waals surface area contributed by atoms with Crippen molar-refractivity contribution in [2.45, 2.75) is 38.7 Å². The maximum absolute atomic E-state index is 14.9. The van der Waals surface area contributed by atoms with Crippen LogP contribution in [0.2, 0.25) is 0 Å². The molecule has 1 atom stereocenters. The van der Waals surface area contributed by atoms with Crippen molar-refractivity contribution in [2.24, 2.45) is 5.92 Å². The van der Waals surface area contributed by atoms with E-state index in [9.17, 15) is 14.3 Å². The van der Waals surface area contributed by atoms with Crippen molar-refractivity contribution >= 4 is 17.3 Å². The number of thiazole rings is 1. The Bertz CT molecular complexity index is 1430. The maximum Gasteiger partial charge on any atom is 0.303 e. The van der Waals surface area contributed by atoms with Crippen LogP contribution in [-0.4, -0.2) is 23.2 Å². The molecule has 1 aliphatic rings. The number of halogens is 1. The smallest absolute Gasteiger partial charge is 0.303 e. The summed E-state index contributed by atoms with van der Waals surface area (Å²) in [4.78, 5) is 16.7. The summed E-state index contributed by atoms with van der Waals surface area (Å²) in [6.07, 6.45) is 4.11. The zero-order chi connectivity index (χ0) is 25.9. The van der Waals surface area contributed by atoms with Crippen LogP contribution in [0.3, 0.4) is 0 Å². The number of hydrogen-bond acceptors (Lipinski definition) is 5. The number of rotatable bonds is 10. The van der Waals surface area contributed by atoms with E-state index in [-0.39, 0.29) is 18.2 Å². The summed E-state index contributed by atoms with van der Waals surface area (Å²) in [6, 6.07) is 18.3. The van der Waals surface area contributed by atoms with Gasteiger partial charge in [0.1, 0.15) is 23.9 Å². The highest BCUT2D eigenvalue weighted by Gasteiger charge is 2.33. The predicted molar refractivity (Wildman–Crippen MR) is 143 cm³/mol. The van der Waals surface area contributed by atoms with Crippen molar-refractivity contribution in [3.63, 3.8) is 0 Å². The summed E-state index contributed by atoms with van der Waals surface area (Å²) in [5, 5.41) is 10.3. The van der Waals surface area contributed by atoms with Gasteiger partial charge in [0.15, 0.2) is 0 Å². The number of methoxy groups -OCH3 is 1. The molecule has 1 heterocycles. The highest BCUT2D eigenvalue weighted by Crippen LogP contribution is 2.45. The topological polar surface area (TPSA) is 68.7 Å². The predicted octanol–water partition coefficient (Wildman–Crippen LogP) is 7.48. The lowest BCUT2D eigenvalue weighted by Gasteiger charge is -2.16. The highest BCUT2D eigenvalue weighted by atomic mass is 32.1. The minimum Gasteiger partial charge on any atom is -0.497 e. The third-order valence-electron chi connectivity index (χ3n) is 6.71. The Morgan fingerprint density at radius 2 is 1.86 bits per heavy atom. The minimum atomic E-state index is -0.767. The third-order valence-corrected chi connectivity index (χ3v) is 7.66. The Kier molecular flexibility index (Phi) is 7.24. The van der Waals surface area contributed by atoms with Crippen molar-refractivity contribution in [1.82, 2.24) is 4.98 Å². The lowest BCUT2D eigenvalue weighted by molar-refractivity contribution is -0.137. The average molecular weight is 518 g/mol. The molecule has 0 radical (unpaired) electrons. The van der Waals surface area contributed by atoms with Crippen LogP contribution in [0.15, 0.2) is 66.9 Å². The lowest BCUT2D eigenvalue weighted by atomic mass is 9.90. The first-order valence-electron chi connectivity index (χ1n) is 12.3. The number of ether oxygens (including phenoxy) is 2. The van der Waals surface area contributed by atoms with Gasteiger partial charge in [0.05, 0.1) is 23.4 Å². The van der Waals surface area contributed by atoms with Gasteiger partial charge >= 0.3 is 5.97 Å². The van der Waals surface area contributed by atoms with E-state index in [1.165, 1.54) is 17.4 Å². The number of carboxylic acids is 1. The van der Waals surface area contributed by atoms with Crippen LogP contribution >= 0.6 is 11.3 Å². The first-order valence-corrected chi connectivity index (χ1v) is 13.1. The molecule has 190 valence electrons. The van der Waals surface area contributed by atoms with Gasteiger partial charge in [-0.05, 0) is 84.7 Å². The number of nitrogens with zero attached hydrogens (tertiary/aromatic N) is 1. The molecular formula is C30H28FNO4S. The van der Waals surface area contributed by atoms with Crippen LogP contribution in [0.5, 0.6) is 11.5 Å². The first-order chi connectivity index (χ1) is 17.9. The molecule has 5 rings (SSSR count). The third kappa shape index (κ3) is 5.83. The van der Waals surface area contributed by atoms with Gasteiger partial charge in [0.25, 0.3) is 0 Å². The quantitative estimate of drug-likeness (QED) is 0.236. The van der Waals surface area contributed by atoms with Crippen molar-refractivity contribution in [2.75, 3.05) is 7.11 Å². The van der Waals surface area contributed by atoms with Crippen LogP contribution in [0.1, 0.15) is 41.3 Å². The molecule has 0 aliphatic heterocycles. The number of carboxylic acid groups (broad SMARTS) is 1. The summed E-state index contributed by atoms with van der Waals surface area (Å²) in [5.41, 5.74) is 4.04. The molecule has 0 bridgehead atoms. The van der Waals surface area contributed by atoms with Gasteiger partial charge in [0, 0.05) is 17.3 Å². The molecule has 1 N–H and O–H groups in total. The van der Waals surface area contributed by atoms with Crippen LogP contribution in [0.25, 0.3) is 21.6 Å². The fourth-order valence-electron chi connectivity index (χ4n) is 4.70. The normalized spacial score (nSPS) is 13.8. The molecule has 0 spiro atoms. The second-order valence-electron chi connectivity index (χ2n) is 9.37. The monoisotopic (exact) mass is 517 g/mol. The summed E-state index contributed by atoms with van der Waals surface area (Å²) in [6.45, 7) is 2.28. The number of aromatic nitrogens is 1. The molecule has 37 heavy (non-hydrogen) atoms. The molecule has 1 unspecified atom stereocenters. The van der Waals surface area contributed by atoms with Crippen LogP contribution in [0.4, 0.5) is 4.39 Å². The summed E-state index contributed by atoms with van der Waals surface area (Å²) in [7, 11) is 1.56. The molecule has 5 nitrogen and oxygen atoms in total. The van der Waals surface area contributed by atoms with Crippen LogP contribution in [-0.2, 0) is 11.4 Å². The number of hydrogen-bond donors (Lipinski definition) is 1. The summed E-state index contributed by atoms with van der Waals surface area (Å²) in [5.74, 6) is 0.619.